The van der Waals surface area contributed by atoms with E-state index in [1.54, 1.807) is 18.5 Å². The van der Waals surface area contributed by atoms with E-state index < -0.39 is 0 Å². The Bertz CT molecular complexity index is 735. The fourth-order valence-corrected chi connectivity index (χ4v) is 3.09. The maximum Gasteiger partial charge on any atom is 0.132 e. The number of rotatable bonds is 31. The van der Waals surface area contributed by atoms with Gasteiger partial charge in [0.1, 0.15) is 17.3 Å². The van der Waals surface area contributed by atoms with Crippen LogP contribution in [0.1, 0.15) is 45.2 Å². The highest BCUT2D eigenvalue weighted by Gasteiger charge is 2.02. The Morgan fingerprint density at radius 1 is 0.575 bits per heavy atom. The van der Waals surface area contributed by atoms with E-state index in [1.165, 1.54) is 0 Å². The fourth-order valence-electron chi connectivity index (χ4n) is 3.09. The molecule has 1 heterocycles. The molecule has 1 aromatic heterocycles. The molecule has 40 heavy (non-hydrogen) atoms. The maximum absolute atomic E-state index is 11.0. The summed E-state index contributed by atoms with van der Waals surface area (Å²) in [5.74, 6) is 0.341. The Morgan fingerprint density at radius 3 is 1.40 bits per heavy atom. The molecule has 0 N–H and O–H groups in total. The Balaban J connectivity index is 1.72. The normalized spacial score (nSPS) is 11.3. The van der Waals surface area contributed by atoms with E-state index in [9.17, 15) is 9.59 Å². The maximum atomic E-state index is 11.0. The van der Waals surface area contributed by atoms with Crippen LogP contribution in [-0.2, 0) is 60.6 Å². The predicted octanol–water partition coefficient (Wildman–Crippen LogP) is 1.65. The summed E-state index contributed by atoms with van der Waals surface area (Å²) in [5.41, 5.74) is 0.775. The summed E-state index contributed by atoms with van der Waals surface area (Å²) in [7, 11) is 0. The van der Waals surface area contributed by atoms with Crippen LogP contribution in [0.4, 0.5) is 0 Å². The molecule has 0 unspecified atom stereocenters. The van der Waals surface area contributed by atoms with E-state index >= 15 is 0 Å². The smallest absolute Gasteiger partial charge is 0.132 e. The SMILES string of the molecule is CC(=O)CCCCn1cc(COCCOCCOCCOCCOCCOCCOCCOCCC(C)=O)nn1. The van der Waals surface area contributed by atoms with Gasteiger partial charge in [-0.25, -0.2) is 0 Å². The standard InChI is InChI=1S/C27H49N3O10/c1-25(31)5-3-4-7-30-23-27(28-29-30)24-40-22-21-39-20-19-38-18-17-37-16-15-36-14-13-35-12-11-34-10-9-33-8-6-26(2)32/h23H,3-22,24H2,1-2H3. The molecule has 13 heteroatoms. The van der Waals surface area contributed by atoms with Crippen molar-refractivity contribution in [2.24, 2.45) is 0 Å². The van der Waals surface area contributed by atoms with Crippen LogP contribution in [0, 0.1) is 0 Å². The number of nitrogens with zero attached hydrogens (tertiary/aromatic N) is 3. The first kappa shape index (κ1) is 36.2. The first-order chi connectivity index (χ1) is 19.6. The minimum Gasteiger partial charge on any atom is -0.379 e. The Labute approximate surface area is 238 Å². The van der Waals surface area contributed by atoms with Crippen LogP contribution in [0.5, 0.6) is 0 Å². The second-order valence-electron chi connectivity index (χ2n) is 8.92. The van der Waals surface area contributed by atoms with Crippen molar-refractivity contribution in [3.8, 4) is 0 Å². The van der Waals surface area contributed by atoms with Crippen LogP contribution in [0.3, 0.4) is 0 Å². The molecule has 0 aliphatic rings. The first-order valence-electron chi connectivity index (χ1n) is 14.1. The van der Waals surface area contributed by atoms with Gasteiger partial charge in [0.2, 0.25) is 0 Å². The van der Waals surface area contributed by atoms with E-state index in [0.717, 1.165) is 25.1 Å². The van der Waals surface area contributed by atoms with Gasteiger partial charge in [-0.1, -0.05) is 5.21 Å². The molecule has 13 nitrogen and oxygen atoms in total. The molecule has 232 valence electrons. The van der Waals surface area contributed by atoms with Crippen LogP contribution in [0.2, 0.25) is 0 Å². The Morgan fingerprint density at radius 2 is 0.975 bits per heavy atom. The van der Waals surface area contributed by atoms with E-state index in [4.69, 9.17) is 37.9 Å². The number of unbranched alkanes of at least 4 members (excludes halogenated alkanes) is 1. The van der Waals surface area contributed by atoms with Gasteiger partial charge in [0.15, 0.2) is 0 Å². The largest absolute Gasteiger partial charge is 0.379 e. The number of carbonyl (C=O) groups excluding carboxylic acids is 2. The van der Waals surface area contributed by atoms with Crippen LogP contribution in [-0.4, -0.2) is 126 Å². The van der Waals surface area contributed by atoms with Crippen molar-refractivity contribution in [3.05, 3.63) is 11.9 Å². The quantitative estimate of drug-likeness (QED) is 0.119. The summed E-state index contributed by atoms with van der Waals surface area (Å²) >= 11 is 0. The number of aryl methyl sites for hydroxylation is 1. The lowest BCUT2D eigenvalue weighted by molar-refractivity contribution is -0.118. The van der Waals surface area contributed by atoms with Gasteiger partial charge in [0.05, 0.1) is 112 Å². The molecule has 0 saturated carbocycles. The molecule has 0 aliphatic heterocycles. The van der Waals surface area contributed by atoms with Crippen molar-refractivity contribution < 1.29 is 47.5 Å². The monoisotopic (exact) mass is 575 g/mol. The second-order valence-corrected chi connectivity index (χ2v) is 8.92. The summed E-state index contributed by atoms with van der Waals surface area (Å²) in [4.78, 5) is 21.7. The van der Waals surface area contributed by atoms with Gasteiger partial charge in [-0.05, 0) is 26.7 Å². The number of carbonyl (C=O) groups is 2. The van der Waals surface area contributed by atoms with Gasteiger partial charge in [0.25, 0.3) is 0 Å². The zero-order valence-corrected chi connectivity index (χ0v) is 24.4. The number of aromatic nitrogens is 3. The van der Waals surface area contributed by atoms with Crippen molar-refractivity contribution in [2.75, 3.05) is 99.1 Å². The summed E-state index contributed by atoms with van der Waals surface area (Å²) in [6, 6.07) is 0. The van der Waals surface area contributed by atoms with Crippen LogP contribution < -0.4 is 0 Å². The van der Waals surface area contributed by atoms with E-state index in [0.29, 0.717) is 119 Å². The van der Waals surface area contributed by atoms with E-state index in [-0.39, 0.29) is 11.6 Å². The number of Topliss-reactive ketones (excluding diaryl/α,β-unsaturated/α-hetero) is 2. The highest BCUT2D eigenvalue weighted by molar-refractivity contribution is 5.75. The van der Waals surface area contributed by atoms with Gasteiger partial charge in [-0.15, -0.1) is 5.10 Å². The third kappa shape index (κ3) is 25.1. The molecule has 0 fully saturated rings. The zero-order chi connectivity index (χ0) is 28.9. The molecule has 0 saturated heterocycles. The zero-order valence-electron chi connectivity index (χ0n) is 24.4. The third-order valence-electron chi connectivity index (χ3n) is 5.20. The molecular weight excluding hydrogens is 526 g/mol. The molecule has 0 spiro atoms. The van der Waals surface area contributed by atoms with Gasteiger partial charge >= 0.3 is 0 Å². The van der Waals surface area contributed by atoms with Gasteiger partial charge < -0.3 is 42.7 Å². The molecule has 0 aromatic carbocycles. The van der Waals surface area contributed by atoms with Crippen molar-refractivity contribution in [2.45, 2.75) is 52.7 Å². The molecule has 0 aliphatic carbocycles. The Kier molecular flexibility index (Phi) is 24.7. The van der Waals surface area contributed by atoms with Gasteiger partial charge in [-0.3, -0.25) is 9.48 Å². The van der Waals surface area contributed by atoms with Crippen molar-refractivity contribution in [1.29, 1.82) is 0 Å². The highest BCUT2D eigenvalue weighted by atomic mass is 16.6. The molecule has 1 rings (SSSR count). The molecule has 0 radical (unpaired) electrons. The van der Waals surface area contributed by atoms with Gasteiger partial charge in [-0.2, -0.15) is 0 Å². The summed E-state index contributed by atoms with van der Waals surface area (Å²) < 4.78 is 45.2. The van der Waals surface area contributed by atoms with Crippen molar-refractivity contribution >= 4 is 11.6 Å². The summed E-state index contributed by atoms with van der Waals surface area (Å²) in [5, 5.41) is 8.15. The minimum absolute atomic E-state index is 0.125. The minimum atomic E-state index is 0.125. The molecular formula is C27H49N3O10. The van der Waals surface area contributed by atoms with Crippen LogP contribution in [0.15, 0.2) is 6.20 Å². The highest BCUT2D eigenvalue weighted by Crippen LogP contribution is 2.01. The lowest BCUT2D eigenvalue weighted by Crippen LogP contribution is -2.15. The molecule has 1 aromatic rings. The second kappa shape index (κ2) is 27.3. The van der Waals surface area contributed by atoms with Gasteiger partial charge in [0, 0.05) is 19.4 Å². The first-order valence-corrected chi connectivity index (χ1v) is 14.1. The third-order valence-corrected chi connectivity index (χ3v) is 5.20. The number of hydrogen-bond donors (Lipinski definition) is 0. The molecule has 0 amide bonds. The summed E-state index contributed by atoms with van der Waals surface area (Å²) in [6.45, 7) is 11.6. The molecule has 0 bridgehead atoms. The Hall–Kier alpha value is -1.84. The van der Waals surface area contributed by atoms with E-state index in [1.807, 2.05) is 6.20 Å². The number of ketones is 2. The predicted molar refractivity (Wildman–Crippen MR) is 145 cm³/mol. The summed E-state index contributed by atoms with van der Waals surface area (Å²) in [6.07, 6.45) is 4.68. The lowest BCUT2D eigenvalue weighted by atomic mass is 10.2. The molecule has 0 atom stereocenters. The average molecular weight is 576 g/mol. The van der Waals surface area contributed by atoms with Crippen molar-refractivity contribution in [3.63, 3.8) is 0 Å². The lowest BCUT2D eigenvalue weighted by Gasteiger charge is -2.08. The van der Waals surface area contributed by atoms with Crippen LogP contribution in [0.25, 0.3) is 0 Å². The average Bonchev–Trinajstić information content (AvgIpc) is 3.38. The number of ether oxygens (including phenoxy) is 8. The fraction of sp³-hybridized carbons (Fsp3) is 0.852. The number of hydrogen-bond acceptors (Lipinski definition) is 12. The van der Waals surface area contributed by atoms with E-state index in [2.05, 4.69) is 10.3 Å². The topological polar surface area (TPSA) is 139 Å². The van der Waals surface area contributed by atoms with Crippen molar-refractivity contribution in [1.82, 2.24) is 15.0 Å². The van der Waals surface area contributed by atoms with Crippen LogP contribution >= 0.6 is 0 Å².